The first kappa shape index (κ1) is 15.5. The molecule has 0 saturated carbocycles. The topological polar surface area (TPSA) is 42.0 Å². The number of hydrogen-bond acceptors (Lipinski definition) is 2. The molecule has 1 amide bonds. The van der Waals surface area contributed by atoms with Gasteiger partial charge in [0.05, 0.1) is 11.1 Å². The van der Waals surface area contributed by atoms with Gasteiger partial charge in [-0.05, 0) is 45.8 Å². The van der Waals surface area contributed by atoms with Crippen LogP contribution in [0.15, 0.2) is 47.2 Å². The summed E-state index contributed by atoms with van der Waals surface area (Å²) in [5.74, 6) is -0.338. The van der Waals surface area contributed by atoms with Crippen LogP contribution in [-0.2, 0) is 12.7 Å². The zero-order valence-electron chi connectivity index (χ0n) is 10.6. The summed E-state index contributed by atoms with van der Waals surface area (Å²) in [4.78, 5) is 15.7. The molecule has 0 spiro atoms. The lowest BCUT2D eigenvalue weighted by Crippen LogP contribution is -2.22. The summed E-state index contributed by atoms with van der Waals surface area (Å²) in [6.45, 7) is 0.146. The van der Waals surface area contributed by atoms with Crippen molar-refractivity contribution in [3.63, 3.8) is 0 Å². The average Bonchev–Trinajstić information content (AvgIpc) is 2.45. The number of aromatic nitrogens is 1. The van der Waals surface area contributed by atoms with E-state index >= 15 is 0 Å². The molecule has 0 aliphatic carbocycles. The van der Waals surface area contributed by atoms with E-state index in [1.54, 1.807) is 12.1 Å². The molecule has 3 nitrogen and oxygen atoms in total. The van der Waals surface area contributed by atoms with E-state index < -0.39 is 11.7 Å². The maximum Gasteiger partial charge on any atom is 0.416 e. The quantitative estimate of drug-likeness (QED) is 0.848. The Labute approximate surface area is 127 Å². The molecule has 0 radical (unpaired) electrons. The third kappa shape index (κ3) is 4.29. The molecule has 7 heteroatoms. The molecule has 110 valence electrons. The molecule has 0 aliphatic heterocycles. The lowest BCUT2D eigenvalue weighted by molar-refractivity contribution is -0.137. The highest BCUT2D eigenvalue weighted by atomic mass is 79.9. The van der Waals surface area contributed by atoms with Gasteiger partial charge in [0.15, 0.2) is 0 Å². The molecule has 21 heavy (non-hydrogen) atoms. The van der Waals surface area contributed by atoms with E-state index in [-0.39, 0.29) is 12.5 Å². The third-order valence-corrected chi connectivity index (χ3v) is 3.19. The number of carbonyl (C=O) groups is 1. The van der Waals surface area contributed by atoms with Crippen molar-refractivity contribution in [1.29, 1.82) is 0 Å². The number of nitrogens with one attached hydrogen (secondary N) is 1. The van der Waals surface area contributed by atoms with Gasteiger partial charge in [0, 0.05) is 12.7 Å². The Hall–Kier alpha value is -1.89. The predicted molar refractivity (Wildman–Crippen MR) is 74.6 cm³/mol. The molecule has 1 heterocycles. The first-order chi connectivity index (χ1) is 9.86. The fourth-order valence-electron chi connectivity index (χ4n) is 1.61. The molecular formula is C14H10BrF3N2O. The molecule has 1 N–H and O–H groups in total. The van der Waals surface area contributed by atoms with Crippen LogP contribution >= 0.6 is 15.9 Å². The number of halogens is 4. The Morgan fingerprint density at radius 2 is 1.81 bits per heavy atom. The number of pyridine rings is 1. The molecule has 0 atom stereocenters. The van der Waals surface area contributed by atoms with E-state index in [9.17, 15) is 18.0 Å². The van der Waals surface area contributed by atoms with Gasteiger partial charge in [-0.3, -0.25) is 4.79 Å². The third-order valence-electron chi connectivity index (χ3n) is 2.72. The molecule has 1 aromatic heterocycles. The van der Waals surface area contributed by atoms with E-state index in [1.807, 2.05) is 0 Å². The minimum atomic E-state index is -4.36. The fourth-order valence-corrected chi connectivity index (χ4v) is 1.84. The van der Waals surface area contributed by atoms with E-state index in [1.165, 1.54) is 18.3 Å². The van der Waals surface area contributed by atoms with Crippen molar-refractivity contribution in [3.8, 4) is 0 Å². The normalized spacial score (nSPS) is 11.2. The number of amides is 1. The van der Waals surface area contributed by atoms with Crippen LogP contribution in [-0.4, -0.2) is 10.9 Å². The molecule has 0 fully saturated rings. The minimum absolute atomic E-state index is 0.146. The molecule has 2 aromatic rings. The molecule has 0 unspecified atom stereocenters. The number of carbonyl (C=O) groups excluding carboxylic acids is 1. The first-order valence-corrected chi connectivity index (χ1v) is 6.71. The summed E-state index contributed by atoms with van der Waals surface area (Å²) in [6.07, 6.45) is -2.95. The Kier molecular flexibility index (Phi) is 4.62. The van der Waals surface area contributed by atoms with Crippen molar-refractivity contribution in [2.75, 3.05) is 0 Å². The minimum Gasteiger partial charge on any atom is -0.348 e. The lowest BCUT2D eigenvalue weighted by atomic mass is 10.1. The van der Waals surface area contributed by atoms with E-state index in [0.717, 1.165) is 12.1 Å². The maximum atomic E-state index is 12.4. The molecule has 2 rings (SSSR count). The number of rotatable bonds is 3. The van der Waals surface area contributed by atoms with Crippen LogP contribution in [0.1, 0.15) is 21.5 Å². The van der Waals surface area contributed by atoms with Gasteiger partial charge in [-0.15, -0.1) is 0 Å². The zero-order chi connectivity index (χ0) is 15.5. The standard InChI is InChI=1S/C14H10BrF3N2O/c15-12-6-3-10(8-19-12)13(21)20-7-9-1-4-11(5-2-9)14(16,17)18/h1-6,8H,7H2,(H,20,21). The highest BCUT2D eigenvalue weighted by Crippen LogP contribution is 2.29. The fraction of sp³-hybridized carbons (Fsp3) is 0.143. The van der Waals surface area contributed by atoms with Gasteiger partial charge >= 0.3 is 6.18 Å². The highest BCUT2D eigenvalue weighted by Gasteiger charge is 2.29. The monoisotopic (exact) mass is 358 g/mol. The van der Waals surface area contributed by atoms with Crippen LogP contribution in [0, 0.1) is 0 Å². The average molecular weight is 359 g/mol. The summed E-state index contributed by atoms with van der Waals surface area (Å²) in [5.41, 5.74) is 0.251. The lowest BCUT2D eigenvalue weighted by Gasteiger charge is -2.08. The predicted octanol–water partition coefficient (Wildman–Crippen LogP) is 3.79. The molecular weight excluding hydrogens is 349 g/mol. The summed E-state index contributed by atoms with van der Waals surface area (Å²) in [5, 5.41) is 2.62. The first-order valence-electron chi connectivity index (χ1n) is 5.92. The van der Waals surface area contributed by atoms with Gasteiger partial charge in [-0.2, -0.15) is 13.2 Å². The molecule has 0 aliphatic rings. The summed E-state index contributed by atoms with van der Waals surface area (Å²) in [7, 11) is 0. The van der Waals surface area contributed by atoms with Gasteiger partial charge in [0.25, 0.3) is 5.91 Å². The zero-order valence-corrected chi connectivity index (χ0v) is 12.2. The van der Waals surface area contributed by atoms with E-state index in [4.69, 9.17) is 0 Å². The number of benzene rings is 1. The van der Waals surface area contributed by atoms with Gasteiger partial charge in [0.1, 0.15) is 4.60 Å². The number of hydrogen-bond donors (Lipinski definition) is 1. The van der Waals surface area contributed by atoms with Crippen LogP contribution in [0.4, 0.5) is 13.2 Å². The Morgan fingerprint density at radius 1 is 1.14 bits per heavy atom. The van der Waals surface area contributed by atoms with Crippen LogP contribution < -0.4 is 5.32 Å². The van der Waals surface area contributed by atoms with Crippen LogP contribution in [0.25, 0.3) is 0 Å². The second kappa shape index (κ2) is 6.26. The largest absolute Gasteiger partial charge is 0.416 e. The van der Waals surface area contributed by atoms with Crippen molar-refractivity contribution in [2.45, 2.75) is 12.7 Å². The SMILES string of the molecule is O=C(NCc1ccc(C(F)(F)F)cc1)c1ccc(Br)nc1. The van der Waals surface area contributed by atoms with Gasteiger partial charge in [-0.25, -0.2) is 4.98 Å². The smallest absolute Gasteiger partial charge is 0.348 e. The van der Waals surface area contributed by atoms with Crippen molar-refractivity contribution in [3.05, 3.63) is 63.9 Å². The molecule has 1 aromatic carbocycles. The Morgan fingerprint density at radius 3 is 2.33 bits per heavy atom. The Bertz CT molecular complexity index is 624. The van der Waals surface area contributed by atoms with Crippen LogP contribution in [0.5, 0.6) is 0 Å². The van der Waals surface area contributed by atoms with E-state index in [0.29, 0.717) is 15.7 Å². The summed E-state index contributed by atoms with van der Waals surface area (Å²) in [6, 6.07) is 7.88. The second-order valence-corrected chi connectivity index (χ2v) is 5.06. The molecule has 0 bridgehead atoms. The highest BCUT2D eigenvalue weighted by molar-refractivity contribution is 9.10. The van der Waals surface area contributed by atoms with Crippen molar-refractivity contribution < 1.29 is 18.0 Å². The van der Waals surface area contributed by atoms with Gasteiger partial charge in [0.2, 0.25) is 0 Å². The molecule has 0 saturated heterocycles. The summed E-state index contributed by atoms with van der Waals surface area (Å²) < 4.78 is 37.8. The number of alkyl halides is 3. The summed E-state index contributed by atoms with van der Waals surface area (Å²) >= 11 is 3.16. The van der Waals surface area contributed by atoms with Crippen molar-refractivity contribution >= 4 is 21.8 Å². The van der Waals surface area contributed by atoms with E-state index in [2.05, 4.69) is 26.2 Å². The second-order valence-electron chi connectivity index (χ2n) is 4.25. The van der Waals surface area contributed by atoms with Gasteiger partial charge < -0.3 is 5.32 Å². The number of nitrogens with zero attached hydrogens (tertiary/aromatic N) is 1. The maximum absolute atomic E-state index is 12.4. The van der Waals surface area contributed by atoms with Crippen molar-refractivity contribution in [2.24, 2.45) is 0 Å². The van der Waals surface area contributed by atoms with Gasteiger partial charge in [-0.1, -0.05) is 12.1 Å². The van der Waals surface area contributed by atoms with Crippen LogP contribution in [0.3, 0.4) is 0 Å². The van der Waals surface area contributed by atoms with Crippen LogP contribution in [0.2, 0.25) is 0 Å². The Balaban J connectivity index is 1.97. The van der Waals surface area contributed by atoms with Crippen molar-refractivity contribution in [1.82, 2.24) is 10.3 Å².